The Kier molecular flexibility index (Phi) is 5.16. The molecule has 0 unspecified atom stereocenters. The lowest BCUT2D eigenvalue weighted by molar-refractivity contribution is 1.23. The van der Waals surface area contributed by atoms with Crippen LogP contribution in [0.5, 0.6) is 0 Å². The smallest absolute Gasteiger partial charge is 0.0341 e. The Labute approximate surface area is 89.7 Å². The summed E-state index contributed by atoms with van der Waals surface area (Å²) in [6.45, 7) is 3.08. The van der Waals surface area contributed by atoms with E-state index >= 15 is 0 Å². The zero-order valence-corrected chi connectivity index (χ0v) is 9.50. The number of thiol groups is 1. The van der Waals surface area contributed by atoms with E-state index in [1.54, 1.807) is 0 Å². The highest BCUT2D eigenvalue weighted by molar-refractivity contribution is 7.99. The largest absolute Gasteiger partial charge is 0.384 e. The summed E-state index contributed by atoms with van der Waals surface area (Å²) in [6.07, 6.45) is 0. The number of thioether (sulfide) groups is 1. The Morgan fingerprint density at radius 2 is 2.00 bits per heavy atom. The fourth-order valence-electron chi connectivity index (χ4n) is 1.04. The van der Waals surface area contributed by atoms with Crippen LogP contribution in [0, 0.1) is 0 Å². The molecule has 0 saturated heterocycles. The second-order valence-electron chi connectivity index (χ2n) is 2.61. The lowest BCUT2D eigenvalue weighted by Crippen LogP contribution is -2.01. The van der Waals surface area contributed by atoms with Crippen LogP contribution >= 0.6 is 24.4 Å². The molecule has 13 heavy (non-hydrogen) atoms. The molecule has 0 saturated carbocycles. The average molecular weight is 213 g/mol. The first-order valence-electron chi connectivity index (χ1n) is 4.44. The lowest BCUT2D eigenvalue weighted by Gasteiger charge is -2.04. The number of hydrogen-bond acceptors (Lipinski definition) is 3. The fourth-order valence-corrected chi connectivity index (χ4v) is 1.81. The molecule has 72 valence electrons. The minimum Gasteiger partial charge on any atom is -0.384 e. The van der Waals surface area contributed by atoms with Gasteiger partial charge in [-0.05, 0) is 30.0 Å². The van der Waals surface area contributed by atoms with Crippen molar-refractivity contribution >= 4 is 30.1 Å². The Hall–Kier alpha value is -0.280. The van der Waals surface area contributed by atoms with Crippen molar-refractivity contribution < 1.29 is 0 Å². The van der Waals surface area contributed by atoms with E-state index in [0.717, 1.165) is 18.1 Å². The van der Waals surface area contributed by atoms with E-state index in [9.17, 15) is 0 Å². The Morgan fingerprint density at radius 3 is 2.54 bits per heavy atom. The van der Waals surface area contributed by atoms with E-state index in [1.807, 2.05) is 11.8 Å². The van der Waals surface area contributed by atoms with Crippen molar-refractivity contribution in [3.05, 3.63) is 24.3 Å². The van der Waals surface area contributed by atoms with E-state index in [4.69, 9.17) is 0 Å². The molecule has 0 fully saturated rings. The van der Waals surface area contributed by atoms with Crippen molar-refractivity contribution in [3.8, 4) is 0 Å². The van der Waals surface area contributed by atoms with Gasteiger partial charge in [-0.15, -0.1) is 11.8 Å². The molecule has 1 N–H and O–H groups in total. The first-order valence-corrected chi connectivity index (χ1v) is 6.06. The van der Waals surface area contributed by atoms with E-state index in [-0.39, 0.29) is 0 Å². The van der Waals surface area contributed by atoms with Crippen molar-refractivity contribution in [2.75, 3.05) is 23.4 Å². The third kappa shape index (κ3) is 3.96. The summed E-state index contributed by atoms with van der Waals surface area (Å²) in [4.78, 5) is 1.33. The molecule has 0 heterocycles. The van der Waals surface area contributed by atoms with Gasteiger partial charge in [0.1, 0.15) is 0 Å². The van der Waals surface area contributed by atoms with Crippen molar-refractivity contribution in [1.82, 2.24) is 0 Å². The van der Waals surface area contributed by atoms with Crippen LogP contribution in [-0.2, 0) is 0 Å². The summed E-state index contributed by atoms with van der Waals surface area (Å²) < 4.78 is 0. The highest BCUT2D eigenvalue weighted by atomic mass is 32.2. The number of benzene rings is 1. The highest BCUT2D eigenvalue weighted by Crippen LogP contribution is 2.19. The maximum absolute atomic E-state index is 4.14. The predicted molar refractivity (Wildman–Crippen MR) is 65.2 cm³/mol. The molecule has 1 rings (SSSR count). The minimum absolute atomic E-state index is 0.867. The number of rotatable bonds is 5. The number of nitrogens with one attached hydrogen (secondary N) is 1. The standard InChI is InChI=1S/C10H15NS2/c1-2-13-10-5-3-9(4-6-10)11-7-8-12/h3-6,11-12H,2,7-8H2,1H3. The Bertz CT molecular complexity index is 233. The van der Waals surface area contributed by atoms with Crippen molar-refractivity contribution in [2.24, 2.45) is 0 Å². The summed E-state index contributed by atoms with van der Waals surface area (Å²) >= 11 is 6.00. The highest BCUT2D eigenvalue weighted by Gasteiger charge is 1.92. The predicted octanol–water partition coefficient (Wildman–Crippen LogP) is 3.14. The van der Waals surface area contributed by atoms with E-state index < -0.39 is 0 Å². The summed E-state index contributed by atoms with van der Waals surface area (Å²) in [5.41, 5.74) is 1.18. The van der Waals surface area contributed by atoms with Crippen LogP contribution in [0.4, 0.5) is 5.69 Å². The number of hydrogen-bond donors (Lipinski definition) is 2. The van der Waals surface area contributed by atoms with Crippen LogP contribution in [0.1, 0.15) is 6.92 Å². The lowest BCUT2D eigenvalue weighted by atomic mass is 10.3. The van der Waals surface area contributed by atoms with Crippen molar-refractivity contribution in [3.63, 3.8) is 0 Å². The maximum Gasteiger partial charge on any atom is 0.0341 e. The molecule has 1 aromatic rings. The van der Waals surface area contributed by atoms with E-state index in [0.29, 0.717) is 0 Å². The quantitative estimate of drug-likeness (QED) is 0.576. The minimum atomic E-state index is 0.867. The second kappa shape index (κ2) is 6.22. The zero-order chi connectivity index (χ0) is 9.52. The summed E-state index contributed by atoms with van der Waals surface area (Å²) in [5.74, 6) is 1.99. The molecule has 0 aromatic heterocycles. The molecule has 0 amide bonds. The Balaban J connectivity index is 2.48. The van der Waals surface area contributed by atoms with Crippen LogP contribution in [0.3, 0.4) is 0 Å². The molecule has 0 aliphatic carbocycles. The number of anilines is 1. The zero-order valence-electron chi connectivity index (χ0n) is 7.79. The molecule has 0 aliphatic heterocycles. The van der Waals surface area contributed by atoms with Gasteiger partial charge in [0, 0.05) is 22.9 Å². The van der Waals surface area contributed by atoms with Gasteiger partial charge in [-0.25, -0.2) is 0 Å². The second-order valence-corrected chi connectivity index (χ2v) is 4.39. The van der Waals surface area contributed by atoms with Gasteiger partial charge in [0.15, 0.2) is 0 Å². The summed E-state index contributed by atoms with van der Waals surface area (Å²) in [6, 6.07) is 8.52. The van der Waals surface area contributed by atoms with Crippen LogP contribution in [0.25, 0.3) is 0 Å². The van der Waals surface area contributed by atoms with Gasteiger partial charge in [-0.3, -0.25) is 0 Å². The molecule has 0 atom stereocenters. The van der Waals surface area contributed by atoms with Crippen molar-refractivity contribution in [2.45, 2.75) is 11.8 Å². The monoisotopic (exact) mass is 213 g/mol. The van der Waals surface area contributed by atoms with Crippen LogP contribution in [0.15, 0.2) is 29.2 Å². The third-order valence-corrected chi connectivity index (χ3v) is 2.72. The molecule has 0 bridgehead atoms. The summed E-state index contributed by atoms with van der Waals surface area (Å²) in [7, 11) is 0. The van der Waals surface area contributed by atoms with E-state index in [1.165, 1.54) is 10.6 Å². The van der Waals surface area contributed by atoms with Gasteiger partial charge in [-0.2, -0.15) is 12.6 Å². The molecular weight excluding hydrogens is 198 g/mol. The molecule has 0 aliphatic rings. The molecule has 1 nitrogen and oxygen atoms in total. The van der Waals surface area contributed by atoms with Gasteiger partial charge in [0.2, 0.25) is 0 Å². The van der Waals surface area contributed by atoms with Gasteiger partial charge in [0.05, 0.1) is 0 Å². The Morgan fingerprint density at radius 1 is 1.31 bits per heavy atom. The molecule has 0 radical (unpaired) electrons. The maximum atomic E-state index is 4.14. The van der Waals surface area contributed by atoms with Crippen LogP contribution < -0.4 is 5.32 Å². The first kappa shape index (κ1) is 10.8. The van der Waals surface area contributed by atoms with E-state index in [2.05, 4.69) is 49.1 Å². The van der Waals surface area contributed by atoms with Gasteiger partial charge >= 0.3 is 0 Å². The van der Waals surface area contributed by atoms with Gasteiger partial charge in [-0.1, -0.05) is 6.92 Å². The molecule has 3 heteroatoms. The average Bonchev–Trinajstić information content (AvgIpc) is 2.17. The van der Waals surface area contributed by atoms with Crippen molar-refractivity contribution in [1.29, 1.82) is 0 Å². The SMILES string of the molecule is CCSc1ccc(NCCS)cc1. The summed E-state index contributed by atoms with van der Waals surface area (Å²) in [5, 5.41) is 3.28. The first-order chi connectivity index (χ1) is 6.36. The third-order valence-electron chi connectivity index (χ3n) is 1.61. The topological polar surface area (TPSA) is 12.0 Å². The van der Waals surface area contributed by atoms with Crippen LogP contribution in [-0.4, -0.2) is 18.1 Å². The normalized spacial score (nSPS) is 10.0. The van der Waals surface area contributed by atoms with Crippen LogP contribution in [0.2, 0.25) is 0 Å². The molecule has 0 spiro atoms. The fraction of sp³-hybridized carbons (Fsp3) is 0.400. The molecular formula is C10H15NS2. The van der Waals surface area contributed by atoms with Gasteiger partial charge in [0.25, 0.3) is 0 Å². The van der Waals surface area contributed by atoms with Gasteiger partial charge < -0.3 is 5.32 Å². The molecule has 1 aromatic carbocycles.